The second-order valence-electron chi connectivity index (χ2n) is 4.63. The first-order chi connectivity index (χ1) is 8.11. The van der Waals surface area contributed by atoms with E-state index in [2.05, 4.69) is 44.3 Å². The van der Waals surface area contributed by atoms with Gasteiger partial charge in [0.25, 0.3) is 0 Å². The van der Waals surface area contributed by atoms with Crippen molar-refractivity contribution < 1.29 is 4.74 Å². The number of benzene rings is 1. The van der Waals surface area contributed by atoms with Gasteiger partial charge in [0.2, 0.25) is 0 Å². The Morgan fingerprint density at radius 2 is 1.94 bits per heavy atom. The molecule has 0 spiro atoms. The highest BCUT2D eigenvalue weighted by atomic mass is 16.5. The Hall–Kier alpha value is -1.44. The summed E-state index contributed by atoms with van der Waals surface area (Å²) in [4.78, 5) is 0. The van der Waals surface area contributed by atoms with Gasteiger partial charge in [-0.25, -0.2) is 0 Å². The standard InChI is InChI=1S/C15H23NO/c1-12(2)6-5-7-13(3)16-14-8-10-15(17-4)11-9-14/h6,8-11,13,16H,5,7H2,1-4H3/t13-/m0/s1. The number of nitrogens with one attached hydrogen (secondary N) is 1. The molecule has 0 saturated carbocycles. The molecule has 0 unspecified atom stereocenters. The van der Waals surface area contributed by atoms with E-state index < -0.39 is 0 Å². The third-order valence-corrected chi connectivity index (χ3v) is 2.66. The second kappa shape index (κ2) is 7.00. The molecule has 0 bridgehead atoms. The summed E-state index contributed by atoms with van der Waals surface area (Å²) < 4.78 is 5.13. The van der Waals surface area contributed by atoms with Crippen molar-refractivity contribution in [2.45, 2.75) is 39.7 Å². The minimum absolute atomic E-state index is 0.485. The number of anilines is 1. The summed E-state index contributed by atoms with van der Waals surface area (Å²) in [6, 6.07) is 8.54. The van der Waals surface area contributed by atoms with Crippen LogP contribution in [0, 0.1) is 0 Å². The normalized spacial score (nSPS) is 11.8. The molecule has 0 heterocycles. The Labute approximate surface area is 105 Å². The highest BCUT2D eigenvalue weighted by Gasteiger charge is 2.01. The lowest BCUT2D eigenvalue weighted by molar-refractivity contribution is 0.415. The predicted octanol–water partition coefficient (Wildman–Crippen LogP) is 4.24. The molecule has 0 aliphatic heterocycles. The van der Waals surface area contributed by atoms with E-state index in [-0.39, 0.29) is 0 Å². The monoisotopic (exact) mass is 233 g/mol. The molecule has 17 heavy (non-hydrogen) atoms. The van der Waals surface area contributed by atoms with Crippen LogP contribution in [0.1, 0.15) is 33.6 Å². The zero-order chi connectivity index (χ0) is 12.7. The van der Waals surface area contributed by atoms with Crippen LogP contribution in [0.25, 0.3) is 0 Å². The largest absolute Gasteiger partial charge is 0.497 e. The number of ether oxygens (including phenoxy) is 1. The maximum Gasteiger partial charge on any atom is 0.119 e. The fourth-order valence-electron chi connectivity index (χ4n) is 1.67. The van der Waals surface area contributed by atoms with Gasteiger partial charge in [0.05, 0.1) is 7.11 Å². The summed E-state index contributed by atoms with van der Waals surface area (Å²) in [7, 11) is 1.68. The van der Waals surface area contributed by atoms with E-state index >= 15 is 0 Å². The summed E-state index contributed by atoms with van der Waals surface area (Å²) in [6.07, 6.45) is 4.57. The van der Waals surface area contributed by atoms with Gasteiger partial charge < -0.3 is 10.1 Å². The Morgan fingerprint density at radius 1 is 1.29 bits per heavy atom. The average molecular weight is 233 g/mol. The van der Waals surface area contributed by atoms with Gasteiger partial charge in [-0.3, -0.25) is 0 Å². The Morgan fingerprint density at radius 3 is 2.47 bits per heavy atom. The maximum atomic E-state index is 5.13. The zero-order valence-electron chi connectivity index (χ0n) is 11.3. The van der Waals surface area contributed by atoms with Crippen molar-refractivity contribution in [2.75, 3.05) is 12.4 Å². The number of rotatable bonds is 6. The molecule has 0 aromatic heterocycles. The third kappa shape index (κ3) is 5.43. The van der Waals surface area contributed by atoms with Gasteiger partial charge in [-0.15, -0.1) is 0 Å². The highest BCUT2D eigenvalue weighted by Crippen LogP contribution is 2.16. The van der Waals surface area contributed by atoms with Crippen LogP contribution in [0.3, 0.4) is 0 Å². The van der Waals surface area contributed by atoms with Crippen LogP contribution < -0.4 is 10.1 Å². The number of allylic oxidation sites excluding steroid dienone is 2. The van der Waals surface area contributed by atoms with E-state index in [0.29, 0.717) is 6.04 Å². The van der Waals surface area contributed by atoms with Crippen molar-refractivity contribution in [2.24, 2.45) is 0 Å². The summed E-state index contributed by atoms with van der Waals surface area (Å²) in [5, 5.41) is 3.48. The van der Waals surface area contributed by atoms with Crippen LogP contribution in [0.5, 0.6) is 5.75 Å². The third-order valence-electron chi connectivity index (χ3n) is 2.66. The topological polar surface area (TPSA) is 21.3 Å². The van der Waals surface area contributed by atoms with Crippen molar-refractivity contribution in [3.05, 3.63) is 35.9 Å². The summed E-state index contributed by atoms with van der Waals surface area (Å²) in [6.45, 7) is 6.49. The minimum atomic E-state index is 0.485. The molecule has 94 valence electrons. The average Bonchev–Trinajstić information content (AvgIpc) is 2.29. The van der Waals surface area contributed by atoms with Crippen LogP contribution in [0.15, 0.2) is 35.9 Å². The Kier molecular flexibility index (Phi) is 5.61. The lowest BCUT2D eigenvalue weighted by Crippen LogP contribution is -2.14. The second-order valence-corrected chi connectivity index (χ2v) is 4.63. The van der Waals surface area contributed by atoms with Gasteiger partial charge in [0, 0.05) is 11.7 Å². The van der Waals surface area contributed by atoms with E-state index in [1.807, 2.05) is 12.1 Å². The van der Waals surface area contributed by atoms with Crippen LogP contribution in [-0.4, -0.2) is 13.2 Å². The first-order valence-electron chi connectivity index (χ1n) is 6.15. The van der Waals surface area contributed by atoms with Crippen molar-refractivity contribution >= 4 is 5.69 Å². The molecule has 1 aromatic rings. The Balaban J connectivity index is 2.39. The molecule has 0 saturated heterocycles. The van der Waals surface area contributed by atoms with Gasteiger partial charge in [-0.05, 0) is 57.9 Å². The first kappa shape index (κ1) is 13.6. The van der Waals surface area contributed by atoms with Gasteiger partial charge >= 0.3 is 0 Å². The van der Waals surface area contributed by atoms with E-state index in [0.717, 1.165) is 24.3 Å². The van der Waals surface area contributed by atoms with E-state index in [1.165, 1.54) is 5.57 Å². The lowest BCUT2D eigenvalue weighted by Gasteiger charge is -2.14. The van der Waals surface area contributed by atoms with Crippen molar-refractivity contribution in [3.8, 4) is 5.75 Å². The van der Waals surface area contributed by atoms with E-state index in [1.54, 1.807) is 7.11 Å². The molecule has 1 aromatic carbocycles. The van der Waals surface area contributed by atoms with Gasteiger partial charge in [0.1, 0.15) is 5.75 Å². The van der Waals surface area contributed by atoms with E-state index in [9.17, 15) is 0 Å². The summed E-state index contributed by atoms with van der Waals surface area (Å²) in [5.74, 6) is 0.896. The van der Waals surface area contributed by atoms with Gasteiger partial charge in [0.15, 0.2) is 0 Å². The maximum absolute atomic E-state index is 5.13. The molecule has 2 heteroatoms. The van der Waals surface area contributed by atoms with Crippen LogP contribution >= 0.6 is 0 Å². The van der Waals surface area contributed by atoms with Crippen molar-refractivity contribution in [1.82, 2.24) is 0 Å². The molecule has 1 N–H and O–H groups in total. The summed E-state index contributed by atoms with van der Waals surface area (Å²) >= 11 is 0. The molecular weight excluding hydrogens is 210 g/mol. The minimum Gasteiger partial charge on any atom is -0.497 e. The highest BCUT2D eigenvalue weighted by molar-refractivity contribution is 5.46. The molecule has 0 aliphatic rings. The summed E-state index contributed by atoms with van der Waals surface area (Å²) in [5.41, 5.74) is 2.54. The number of hydrogen-bond acceptors (Lipinski definition) is 2. The fraction of sp³-hybridized carbons (Fsp3) is 0.467. The molecule has 1 atom stereocenters. The molecule has 2 nitrogen and oxygen atoms in total. The van der Waals surface area contributed by atoms with Crippen LogP contribution in [-0.2, 0) is 0 Å². The first-order valence-corrected chi connectivity index (χ1v) is 6.15. The molecule has 1 rings (SSSR count). The SMILES string of the molecule is COc1ccc(N[C@@H](C)CCC=C(C)C)cc1. The van der Waals surface area contributed by atoms with Crippen LogP contribution in [0.2, 0.25) is 0 Å². The molecule has 0 radical (unpaired) electrons. The number of hydrogen-bond donors (Lipinski definition) is 1. The quantitative estimate of drug-likeness (QED) is 0.742. The zero-order valence-corrected chi connectivity index (χ0v) is 11.3. The molecule has 0 amide bonds. The fourth-order valence-corrected chi connectivity index (χ4v) is 1.67. The van der Waals surface area contributed by atoms with Crippen LogP contribution in [0.4, 0.5) is 5.69 Å². The molecule has 0 aliphatic carbocycles. The molecular formula is C15H23NO. The van der Waals surface area contributed by atoms with Gasteiger partial charge in [-0.2, -0.15) is 0 Å². The molecule has 0 fully saturated rings. The number of methoxy groups -OCH3 is 1. The lowest BCUT2D eigenvalue weighted by atomic mass is 10.1. The smallest absolute Gasteiger partial charge is 0.119 e. The Bertz CT molecular complexity index is 350. The van der Waals surface area contributed by atoms with E-state index in [4.69, 9.17) is 4.74 Å². The van der Waals surface area contributed by atoms with Crippen molar-refractivity contribution in [3.63, 3.8) is 0 Å². The van der Waals surface area contributed by atoms with Crippen molar-refractivity contribution in [1.29, 1.82) is 0 Å². The van der Waals surface area contributed by atoms with Gasteiger partial charge in [-0.1, -0.05) is 11.6 Å². The predicted molar refractivity (Wildman–Crippen MR) is 74.7 cm³/mol.